The first-order chi connectivity index (χ1) is 10.1. The molecule has 2 atom stereocenters. The maximum absolute atomic E-state index is 11.7. The van der Waals surface area contributed by atoms with E-state index in [0.29, 0.717) is 19.7 Å². The van der Waals surface area contributed by atoms with Gasteiger partial charge in [-0.15, -0.1) is 0 Å². The number of methoxy groups -OCH3 is 1. The summed E-state index contributed by atoms with van der Waals surface area (Å²) in [6.07, 6.45) is 2.00. The summed E-state index contributed by atoms with van der Waals surface area (Å²) in [4.78, 5) is 13.5. The van der Waals surface area contributed by atoms with Crippen molar-refractivity contribution in [2.45, 2.75) is 32.5 Å². The van der Waals surface area contributed by atoms with Gasteiger partial charge in [-0.3, -0.25) is 0 Å². The highest BCUT2D eigenvalue weighted by molar-refractivity contribution is 5.68. The first-order valence-corrected chi connectivity index (χ1v) is 7.31. The second-order valence-corrected chi connectivity index (χ2v) is 5.97. The van der Waals surface area contributed by atoms with Crippen molar-refractivity contribution >= 4 is 12.2 Å². The van der Waals surface area contributed by atoms with E-state index in [1.807, 2.05) is 0 Å². The predicted octanol–water partition coefficient (Wildman–Crippen LogP) is 3.17. The van der Waals surface area contributed by atoms with Crippen molar-refractivity contribution in [1.82, 2.24) is 4.90 Å². The van der Waals surface area contributed by atoms with E-state index >= 15 is 0 Å². The van der Waals surface area contributed by atoms with Gasteiger partial charge < -0.3 is 14.4 Å². The lowest BCUT2D eigenvalue weighted by molar-refractivity contribution is 0.0248. The summed E-state index contributed by atoms with van der Waals surface area (Å²) in [5, 5.41) is 0. The van der Waals surface area contributed by atoms with E-state index in [4.69, 9.17) is 9.47 Å². The lowest BCUT2D eigenvalue weighted by Gasteiger charge is -2.28. The van der Waals surface area contributed by atoms with Gasteiger partial charge in [0, 0.05) is 12.5 Å². The number of allylic oxidation sites excluding steroid dienone is 1. The summed E-state index contributed by atoms with van der Waals surface area (Å²) in [5.74, 6) is 0.248. The minimum absolute atomic E-state index is 0.0820. The van der Waals surface area contributed by atoms with Gasteiger partial charge in [-0.1, -0.05) is 29.8 Å². The molecule has 1 fully saturated rings. The number of rotatable bonds is 1. The lowest BCUT2D eigenvalue weighted by Crippen LogP contribution is -2.30. The monoisotopic (exact) mass is 287 g/mol. The van der Waals surface area contributed by atoms with Crippen molar-refractivity contribution in [3.63, 3.8) is 0 Å². The fourth-order valence-electron chi connectivity index (χ4n) is 3.29. The Balaban J connectivity index is 1.93. The second kappa shape index (κ2) is 5.53. The molecule has 4 heteroatoms. The Kier molecular flexibility index (Phi) is 3.72. The first kappa shape index (κ1) is 14.1. The van der Waals surface area contributed by atoms with Gasteiger partial charge in [0.15, 0.2) is 0 Å². The number of ether oxygens (including phenoxy) is 2. The second-order valence-electron chi connectivity index (χ2n) is 5.97. The zero-order valence-electron chi connectivity index (χ0n) is 12.8. The van der Waals surface area contributed by atoms with Crippen LogP contribution in [0.3, 0.4) is 0 Å². The highest BCUT2D eigenvalue weighted by Crippen LogP contribution is 2.38. The molecular formula is C17H21NO3. The van der Waals surface area contributed by atoms with E-state index in [1.54, 1.807) is 4.90 Å². The average Bonchev–Trinajstić information content (AvgIpc) is 2.90. The molecule has 0 radical (unpaired) electrons. The van der Waals surface area contributed by atoms with Crippen LogP contribution in [-0.2, 0) is 16.1 Å². The van der Waals surface area contributed by atoms with Crippen LogP contribution in [0.15, 0.2) is 23.8 Å². The Labute approximate surface area is 125 Å². The van der Waals surface area contributed by atoms with E-state index in [-0.39, 0.29) is 18.1 Å². The van der Waals surface area contributed by atoms with Crippen molar-refractivity contribution in [1.29, 1.82) is 0 Å². The third-order valence-corrected chi connectivity index (χ3v) is 4.23. The van der Waals surface area contributed by atoms with Gasteiger partial charge in [0.2, 0.25) is 0 Å². The molecule has 1 aromatic carbocycles. The van der Waals surface area contributed by atoms with Crippen molar-refractivity contribution in [3.8, 4) is 0 Å². The molecule has 2 heterocycles. The van der Waals surface area contributed by atoms with Gasteiger partial charge in [-0.25, -0.2) is 4.79 Å². The third kappa shape index (κ3) is 2.56. The van der Waals surface area contributed by atoms with Crippen LogP contribution in [0.5, 0.6) is 0 Å². The molecule has 21 heavy (non-hydrogen) atoms. The van der Waals surface area contributed by atoms with Crippen molar-refractivity contribution in [3.05, 3.63) is 40.5 Å². The van der Waals surface area contributed by atoms with E-state index in [0.717, 1.165) is 0 Å². The predicted molar refractivity (Wildman–Crippen MR) is 81.1 cm³/mol. The molecule has 3 rings (SSSR count). The molecule has 0 aromatic heterocycles. The Bertz CT molecular complexity index is 590. The molecule has 0 N–H and O–H groups in total. The highest BCUT2D eigenvalue weighted by atomic mass is 16.5. The Morgan fingerprint density at radius 2 is 2.19 bits per heavy atom. The summed E-state index contributed by atoms with van der Waals surface area (Å²) >= 11 is 0. The fourth-order valence-corrected chi connectivity index (χ4v) is 3.29. The van der Waals surface area contributed by atoms with Gasteiger partial charge in [0.25, 0.3) is 0 Å². The molecule has 1 amide bonds. The standard InChI is InChI=1S/C17H21NO3/c1-11(2)7-12-5-4-6-13-14-8-18(17(19)20-3)9-16(14)21-10-15(12)13/h4-7,14,16H,8-10H2,1-3H3. The molecule has 1 saturated heterocycles. The number of hydrogen-bond donors (Lipinski definition) is 0. The van der Waals surface area contributed by atoms with Gasteiger partial charge in [-0.05, 0) is 30.5 Å². The molecule has 0 aliphatic carbocycles. The number of fused-ring (bicyclic) bond motifs is 3. The minimum atomic E-state index is -0.269. The quantitative estimate of drug-likeness (QED) is 0.796. The van der Waals surface area contributed by atoms with Crippen LogP contribution in [0.1, 0.15) is 36.5 Å². The van der Waals surface area contributed by atoms with Crippen molar-refractivity contribution in [2.24, 2.45) is 0 Å². The molecule has 0 saturated carbocycles. The van der Waals surface area contributed by atoms with Gasteiger partial charge in [0.1, 0.15) is 0 Å². The molecule has 112 valence electrons. The smallest absolute Gasteiger partial charge is 0.409 e. The molecule has 4 nitrogen and oxygen atoms in total. The average molecular weight is 287 g/mol. The summed E-state index contributed by atoms with van der Waals surface area (Å²) < 4.78 is 10.8. The molecule has 2 unspecified atom stereocenters. The van der Waals surface area contributed by atoms with Crippen LogP contribution < -0.4 is 0 Å². The van der Waals surface area contributed by atoms with Gasteiger partial charge >= 0.3 is 6.09 Å². The Morgan fingerprint density at radius 1 is 1.38 bits per heavy atom. The normalized spacial score (nSPS) is 23.3. The number of likely N-dealkylation sites (tertiary alicyclic amines) is 1. The van der Waals surface area contributed by atoms with Crippen LogP contribution in [-0.4, -0.2) is 37.3 Å². The number of carbonyl (C=O) groups excluding carboxylic acids is 1. The van der Waals surface area contributed by atoms with E-state index in [9.17, 15) is 4.79 Å². The largest absolute Gasteiger partial charge is 0.453 e. The number of amides is 1. The molecule has 0 bridgehead atoms. The summed E-state index contributed by atoms with van der Waals surface area (Å²) in [6, 6.07) is 6.39. The summed E-state index contributed by atoms with van der Waals surface area (Å²) in [7, 11) is 1.42. The minimum Gasteiger partial charge on any atom is -0.453 e. The van der Waals surface area contributed by atoms with Crippen LogP contribution in [0.2, 0.25) is 0 Å². The Morgan fingerprint density at radius 3 is 2.90 bits per heavy atom. The zero-order valence-corrected chi connectivity index (χ0v) is 12.8. The number of benzene rings is 1. The third-order valence-electron chi connectivity index (χ3n) is 4.23. The maximum Gasteiger partial charge on any atom is 0.409 e. The first-order valence-electron chi connectivity index (χ1n) is 7.31. The number of hydrogen-bond acceptors (Lipinski definition) is 3. The van der Waals surface area contributed by atoms with Crippen molar-refractivity contribution < 1.29 is 14.3 Å². The molecule has 1 aromatic rings. The lowest BCUT2D eigenvalue weighted by atomic mass is 9.87. The fraction of sp³-hybridized carbons (Fsp3) is 0.471. The van der Waals surface area contributed by atoms with Crippen molar-refractivity contribution in [2.75, 3.05) is 20.2 Å². The van der Waals surface area contributed by atoms with E-state index in [1.165, 1.54) is 29.4 Å². The maximum atomic E-state index is 11.7. The van der Waals surface area contributed by atoms with Crippen LogP contribution in [0.4, 0.5) is 4.79 Å². The molecular weight excluding hydrogens is 266 g/mol. The SMILES string of the molecule is COC(=O)N1CC2OCc3c(C=C(C)C)cccc3C2C1. The van der Waals surface area contributed by atoms with E-state index in [2.05, 4.69) is 38.1 Å². The molecule has 2 aliphatic rings. The van der Waals surface area contributed by atoms with Crippen LogP contribution in [0, 0.1) is 0 Å². The van der Waals surface area contributed by atoms with Crippen LogP contribution in [0.25, 0.3) is 6.08 Å². The number of carbonyl (C=O) groups is 1. The van der Waals surface area contributed by atoms with Crippen LogP contribution >= 0.6 is 0 Å². The Hall–Kier alpha value is -1.81. The highest BCUT2D eigenvalue weighted by Gasteiger charge is 2.41. The topological polar surface area (TPSA) is 38.8 Å². The number of nitrogens with zero attached hydrogens (tertiary/aromatic N) is 1. The molecule has 0 spiro atoms. The van der Waals surface area contributed by atoms with Gasteiger partial charge in [0.05, 0.1) is 26.4 Å². The summed E-state index contributed by atoms with van der Waals surface area (Å²) in [5.41, 5.74) is 5.06. The van der Waals surface area contributed by atoms with Gasteiger partial charge in [-0.2, -0.15) is 0 Å². The zero-order chi connectivity index (χ0) is 15.0. The van der Waals surface area contributed by atoms with E-state index < -0.39 is 0 Å². The molecule has 2 aliphatic heterocycles. The summed E-state index contributed by atoms with van der Waals surface area (Å²) in [6.45, 7) is 6.10.